The molecule has 1 atom stereocenters. The number of aliphatic hydroxyl groups excluding tert-OH is 1. The van der Waals surface area contributed by atoms with Gasteiger partial charge in [-0.2, -0.15) is 0 Å². The molecule has 1 aromatic carbocycles. The molecule has 3 nitrogen and oxygen atoms in total. The lowest BCUT2D eigenvalue weighted by atomic mass is 9.89. The molecule has 0 bridgehead atoms. The summed E-state index contributed by atoms with van der Waals surface area (Å²) in [6, 6.07) is 5.60. The number of hydrogen-bond donors (Lipinski definition) is 2. The molecule has 0 spiro atoms. The van der Waals surface area contributed by atoms with E-state index in [2.05, 4.69) is 5.32 Å². The molecule has 1 aromatic rings. The van der Waals surface area contributed by atoms with Crippen molar-refractivity contribution in [2.75, 3.05) is 6.54 Å². The Hall–Kier alpha value is -1.42. The van der Waals surface area contributed by atoms with E-state index in [4.69, 9.17) is 0 Å². The van der Waals surface area contributed by atoms with Crippen molar-refractivity contribution in [2.45, 2.75) is 33.3 Å². The van der Waals surface area contributed by atoms with E-state index in [1.54, 1.807) is 0 Å². The minimum absolute atomic E-state index is 0.0915. The van der Waals surface area contributed by atoms with Gasteiger partial charge in [-0.15, -0.1) is 0 Å². The number of hydrogen-bond acceptors (Lipinski definition) is 2. The van der Waals surface area contributed by atoms with Gasteiger partial charge in [0.25, 0.3) is 0 Å². The van der Waals surface area contributed by atoms with Crippen LogP contribution in [0.2, 0.25) is 0 Å². The molecule has 0 aliphatic heterocycles. The second kappa shape index (κ2) is 5.96. The minimum atomic E-state index is -0.817. The quantitative estimate of drug-likeness (QED) is 0.846. The first-order valence-electron chi connectivity index (χ1n) is 6.08. The molecule has 1 unspecified atom stereocenters. The monoisotopic (exact) mass is 253 g/mol. The number of halogens is 1. The fourth-order valence-electron chi connectivity index (χ4n) is 1.39. The zero-order valence-electron chi connectivity index (χ0n) is 11.0. The highest BCUT2D eigenvalue weighted by molar-refractivity contribution is 5.81. The summed E-state index contributed by atoms with van der Waals surface area (Å²) in [4.78, 5) is 11.8. The summed E-state index contributed by atoms with van der Waals surface area (Å²) in [6.07, 6.45) is -0.0897. The van der Waals surface area contributed by atoms with Crippen molar-refractivity contribution in [3.05, 3.63) is 35.6 Å². The van der Waals surface area contributed by atoms with Gasteiger partial charge in [0, 0.05) is 12.0 Å². The first kappa shape index (κ1) is 14.6. The summed E-state index contributed by atoms with van der Waals surface area (Å²) in [5.41, 5.74) is 0.147. The van der Waals surface area contributed by atoms with Crippen LogP contribution in [0.3, 0.4) is 0 Å². The van der Waals surface area contributed by atoms with Crippen LogP contribution in [0.1, 0.15) is 38.9 Å². The minimum Gasteiger partial charge on any atom is -0.387 e. The summed E-state index contributed by atoms with van der Waals surface area (Å²) >= 11 is 0. The van der Waals surface area contributed by atoms with Crippen molar-refractivity contribution in [1.29, 1.82) is 0 Å². The Morgan fingerprint density at radius 3 is 2.44 bits per heavy atom. The highest BCUT2D eigenvalue weighted by atomic mass is 19.1. The number of aliphatic hydroxyl groups is 1. The molecule has 4 heteroatoms. The number of rotatable bonds is 5. The molecule has 1 amide bonds. The zero-order valence-corrected chi connectivity index (χ0v) is 11.0. The van der Waals surface area contributed by atoms with E-state index in [-0.39, 0.29) is 18.3 Å². The predicted octanol–water partition coefficient (Wildman–Crippen LogP) is 2.41. The van der Waals surface area contributed by atoms with Crippen molar-refractivity contribution in [1.82, 2.24) is 5.32 Å². The van der Waals surface area contributed by atoms with Gasteiger partial charge in [-0.25, -0.2) is 4.39 Å². The van der Waals surface area contributed by atoms with Gasteiger partial charge in [-0.1, -0.05) is 32.9 Å². The molecule has 0 heterocycles. The van der Waals surface area contributed by atoms with Crippen molar-refractivity contribution in [2.24, 2.45) is 5.41 Å². The van der Waals surface area contributed by atoms with Crippen molar-refractivity contribution < 1.29 is 14.3 Å². The highest BCUT2D eigenvalue weighted by Crippen LogP contribution is 2.20. The summed E-state index contributed by atoms with van der Waals surface area (Å²) in [6.45, 7) is 5.78. The van der Waals surface area contributed by atoms with Crippen LogP contribution in [-0.4, -0.2) is 17.6 Å². The molecule has 0 saturated heterocycles. The summed E-state index contributed by atoms with van der Waals surface area (Å²) in [5.74, 6) is -0.437. The lowest BCUT2D eigenvalue weighted by Crippen LogP contribution is -2.38. The SMILES string of the molecule is CCC(C)(C)C(=O)NCC(O)c1ccc(F)cc1. The Morgan fingerprint density at radius 2 is 1.94 bits per heavy atom. The maximum atomic E-state index is 12.7. The lowest BCUT2D eigenvalue weighted by Gasteiger charge is -2.22. The maximum absolute atomic E-state index is 12.7. The summed E-state index contributed by atoms with van der Waals surface area (Å²) in [5, 5.41) is 12.6. The average Bonchev–Trinajstić information content (AvgIpc) is 2.36. The molecule has 18 heavy (non-hydrogen) atoms. The number of carbonyl (C=O) groups excluding carboxylic acids is 1. The number of nitrogens with one attached hydrogen (secondary N) is 1. The summed E-state index contributed by atoms with van der Waals surface area (Å²) < 4.78 is 12.7. The number of carbonyl (C=O) groups is 1. The summed E-state index contributed by atoms with van der Waals surface area (Å²) in [7, 11) is 0. The van der Waals surface area contributed by atoms with E-state index in [1.807, 2.05) is 20.8 Å². The van der Waals surface area contributed by atoms with Crippen LogP contribution in [0, 0.1) is 11.2 Å². The third-order valence-electron chi connectivity index (χ3n) is 3.21. The van der Waals surface area contributed by atoms with Crippen LogP contribution >= 0.6 is 0 Å². The molecule has 0 radical (unpaired) electrons. The molecular formula is C14H20FNO2. The molecule has 0 saturated carbocycles. The standard InChI is InChI=1S/C14H20FNO2/c1-4-14(2,3)13(18)16-9-12(17)10-5-7-11(15)8-6-10/h5-8,12,17H,4,9H2,1-3H3,(H,16,18). The van der Waals surface area contributed by atoms with Crippen LogP contribution in [0.4, 0.5) is 4.39 Å². The van der Waals surface area contributed by atoms with E-state index in [1.165, 1.54) is 24.3 Å². The van der Waals surface area contributed by atoms with E-state index in [0.29, 0.717) is 5.56 Å². The second-order valence-electron chi connectivity index (χ2n) is 5.01. The van der Waals surface area contributed by atoms with E-state index < -0.39 is 11.5 Å². The van der Waals surface area contributed by atoms with Crippen molar-refractivity contribution in [3.63, 3.8) is 0 Å². The van der Waals surface area contributed by atoms with Crippen molar-refractivity contribution in [3.8, 4) is 0 Å². The molecule has 100 valence electrons. The normalized spacial score (nSPS) is 13.2. The molecule has 0 aromatic heterocycles. The predicted molar refractivity (Wildman–Crippen MR) is 68.4 cm³/mol. The Morgan fingerprint density at radius 1 is 1.39 bits per heavy atom. The lowest BCUT2D eigenvalue weighted by molar-refractivity contribution is -0.130. The first-order valence-corrected chi connectivity index (χ1v) is 6.08. The maximum Gasteiger partial charge on any atom is 0.225 e. The highest BCUT2D eigenvalue weighted by Gasteiger charge is 2.25. The fraction of sp³-hybridized carbons (Fsp3) is 0.500. The van der Waals surface area contributed by atoms with Gasteiger partial charge >= 0.3 is 0 Å². The van der Waals surface area contributed by atoms with Gasteiger partial charge in [0.2, 0.25) is 5.91 Å². The molecular weight excluding hydrogens is 233 g/mol. The second-order valence-corrected chi connectivity index (χ2v) is 5.01. The number of benzene rings is 1. The van der Waals surface area contributed by atoms with Crippen LogP contribution in [0.5, 0.6) is 0 Å². The number of amides is 1. The molecule has 0 fully saturated rings. The van der Waals surface area contributed by atoms with Crippen LogP contribution in [0.25, 0.3) is 0 Å². The van der Waals surface area contributed by atoms with E-state index in [9.17, 15) is 14.3 Å². The van der Waals surface area contributed by atoms with Gasteiger partial charge in [0.1, 0.15) is 5.82 Å². The fourth-order valence-corrected chi connectivity index (χ4v) is 1.39. The van der Waals surface area contributed by atoms with Crippen LogP contribution in [-0.2, 0) is 4.79 Å². The first-order chi connectivity index (χ1) is 8.36. The van der Waals surface area contributed by atoms with E-state index >= 15 is 0 Å². The third kappa shape index (κ3) is 3.81. The largest absolute Gasteiger partial charge is 0.387 e. The van der Waals surface area contributed by atoms with Crippen LogP contribution < -0.4 is 5.32 Å². The van der Waals surface area contributed by atoms with Crippen molar-refractivity contribution >= 4 is 5.91 Å². The third-order valence-corrected chi connectivity index (χ3v) is 3.21. The van der Waals surface area contributed by atoms with Gasteiger partial charge in [0.05, 0.1) is 6.10 Å². The van der Waals surface area contributed by atoms with Gasteiger partial charge in [-0.3, -0.25) is 4.79 Å². The Bertz CT molecular complexity index is 401. The Kier molecular flexibility index (Phi) is 4.84. The zero-order chi connectivity index (χ0) is 13.8. The average molecular weight is 253 g/mol. The Labute approximate surface area is 107 Å². The smallest absolute Gasteiger partial charge is 0.225 e. The van der Waals surface area contributed by atoms with E-state index in [0.717, 1.165) is 6.42 Å². The molecule has 1 rings (SSSR count). The molecule has 0 aliphatic rings. The Balaban J connectivity index is 2.54. The van der Waals surface area contributed by atoms with Gasteiger partial charge in [0.15, 0.2) is 0 Å². The van der Waals surface area contributed by atoms with Gasteiger partial charge < -0.3 is 10.4 Å². The molecule has 0 aliphatic carbocycles. The topological polar surface area (TPSA) is 49.3 Å². The van der Waals surface area contributed by atoms with Gasteiger partial charge in [-0.05, 0) is 24.1 Å². The molecule has 2 N–H and O–H groups in total. The van der Waals surface area contributed by atoms with Crippen LogP contribution in [0.15, 0.2) is 24.3 Å².